The number of likely N-dealkylation sites (tertiary alicyclic amines) is 1. The van der Waals surface area contributed by atoms with Crippen LogP contribution in [0.4, 0.5) is 5.82 Å². The summed E-state index contributed by atoms with van der Waals surface area (Å²) in [5.41, 5.74) is 9.45. The van der Waals surface area contributed by atoms with Crippen molar-refractivity contribution in [3.8, 4) is 16.9 Å². The molecule has 0 bridgehead atoms. The van der Waals surface area contributed by atoms with Crippen LogP contribution in [-0.4, -0.2) is 57.9 Å². The maximum atomic E-state index is 6.36. The van der Waals surface area contributed by atoms with E-state index in [4.69, 9.17) is 15.2 Å². The SMILES string of the molecule is CC1CCC(COc2cccc(-c3cn([C@H]4C[C@@H](CN5CCC5)C4)c4ncnc(N)c34)c2)O1. The molecule has 174 valence electrons. The lowest BCUT2D eigenvalue weighted by Crippen LogP contribution is -2.43. The summed E-state index contributed by atoms with van der Waals surface area (Å²) in [5, 5.41) is 0.939. The van der Waals surface area contributed by atoms with Crippen molar-refractivity contribution in [3.05, 3.63) is 36.8 Å². The van der Waals surface area contributed by atoms with Crippen LogP contribution in [0.1, 0.15) is 45.1 Å². The molecule has 2 atom stereocenters. The second kappa shape index (κ2) is 8.61. The third-order valence-corrected chi connectivity index (χ3v) is 7.61. The predicted molar refractivity (Wildman–Crippen MR) is 129 cm³/mol. The number of ether oxygens (including phenoxy) is 2. The van der Waals surface area contributed by atoms with Crippen LogP contribution in [0.25, 0.3) is 22.2 Å². The number of nitrogens with zero attached hydrogens (tertiary/aromatic N) is 4. The van der Waals surface area contributed by atoms with E-state index in [1.807, 2.05) is 12.1 Å². The molecule has 7 heteroatoms. The van der Waals surface area contributed by atoms with Gasteiger partial charge in [0.15, 0.2) is 0 Å². The third-order valence-electron chi connectivity index (χ3n) is 7.61. The smallest absolute Gasteiger partial charge is 0.146 e. The lowest BCUT2D eigenvalue weighted by atomic mass is 9.79. The lowest BCUT2D eigenvalue weighted by Gasteiger charge is -2.42. The fraction of sp³-hybridized carbons (Fsp3) is 0.538. The molecular formula is C26H33N5O2. The fourth-order valence-corrected chi connectivity index (χ4v) is 5.56. The molecule has 2 unspecified atom stereocenters. The van der Waals surface area contributed by atoms with Crippen molar-refractivity contribution in [2.75, 3.05) is 32.0 Å². The molecule has 1 aromatic carbocycles. The van der Waals surface area contributed by atoms with E-state index in [0.717, 1.165) is 46.7 Å². The minimum Gasteiger partial charge on any atom is -0.491 e. The lowest BCUT2D eigenvalue weighted by molar-refractivity contribution is 0.0265. The van der Waals surface area contributed by atoms with E-state index in [2.05, 4.69) is 44.7 Å². The van der Waals surface area contributed by atoms with Gasteiger partial charge in [-0.2, -0.15) is 0 Å². The van der Waals surface area contributed by atoms with Crippen molar-refractivity contribution in [2.45, 2.75) is 57.3 Å². The van der Waals surface area contributed by atoms with E-state index >= 15 is 0 Å². The monoisotopic (exact) mass is 447 g/mol. The Kier molecular flexibility index (Phi) is 5.46. The average molecular weight is 448 g/mol. The normalized spacial score (nSPS) is 27.4. The first-order valence-corrected chi connectivity index (χ1v) is 12.4. The molecule has 3 aliphatic rings. The summed E-state index contributed by atoms with van der Waals surface area (Å²) in [5.74, 6) is 2.17. The average Bonchev–Trinajstić information content (AvgIpc) is 3.35. The maximum Gasteiger partial charge on any atom is 0.146 e. The number of nitrogens with two attached hydrogens (primary N) is 1. The first-order chi connectivity index (χ1) is 16.1. The zero-order chi connectivity index (χ0) is 22.4. The van der Waals surface area contributed by atoms with E-state index in [0.29, 0.717) is 24.6 Å². The van der Waals surface area contributed by atoms with E-state index < -0.39 is 0 Å². The number of hydrogen-bond acceptors (Lipinski definition) is 6. The molecule has 3 aromatic rings. The van der Waals surface area contributed by atoms with Crippen LogP contribution in [0.5, 0.6) is 5.75 Å². The number of fused-ring (bicyclic) bond motifs is 1. The summed E-state index contributed by atoms with van der Waals surface area (Å²) in [6.45, 7) is 6.49. The largest absolute Gasteiger partial charge is 0.491 e. The minimum absolute atomic E-state index is 0.178. The highest BCUT2D eigenvalue weighted by molar-refractivity contribution is 6.00. The standard InChI is InChI=1S/C26H33N5O2/c1-17-6-7-22(33-17)15-32-21-5-2-4-19(12-21)23-14-31(26-24(23)25(27)28-16-29-26)20-10-18(11-20)13-30-8-3-9-30/h2,4-5,12,14,16-18,20,22H,3,6-11,13,15H2,1H3,(H2,27,28,29)/t17?,18-,20+,22?. The van der Waals surface area contributed by atoms with Crippen molar-refractivity contribution in [1.82, 2.24) is 19.4 Å². The molecule has 0 amide bonds. The molecule has 3 fully saturated rings. The van der Waals surface area contributed by atoms with Crippen molar-refractivity contribution < 1.29 is 9.47 Å². The molecule has 6 rings (SSSR count). The zero-order valence-corrected chi connectivity index (χ0v) is 19.3. The van der Waals surface area contributed by atoms with Crippen molar-refractivity contribution in [2.24, 2.45) is 5.92 Å². The molecular weight excluding hydrogens is 414 g/mol. The summed E-state index contributed by atoms with van der Waals surface area (Å²) in [6.07, 6.45) is 10.2. The Morgan fingerprint density at radius 3 is 2.82 bits per heavy atom. The summed E-state index contributed by atoms with van der Waals surface area (Å²) < 4.78 is 14.3. The Morgan fingerprint density at radius 1 is 1.18 bits per heavy atom. The second-order valence-corrected chi connectivity index (χ2v) is 10.0. The third kappa shape index (κ3) is 4.08. The number of aromatic nitrogens is 3. The van der Waals surface area contributed by atoms with Gasteiger partial charge in [0, 0.05) is 24.3 Å². The highest BCUT2D eigenvalue weighted by Crippen LogP contribution is 2.43. The molecule has 33 heavy (non-hydrogen) atoms. The van der Waals surface area contributed by atoms with Gasteiger partial charge in [0.2, 0.25) is 0 Å². The van der Waals surface area contributed by atoms with Gasteiger partial charge in [-0.05, 0) is 75.7 Å². The van der Waals surface area contributed by atoms with E-state index in [1.165, 1.54) is 38.9 Å². The molecule has 2 aromatic heterocycles. The Hall–Kier alpha value is -2.64. The molecule has 2 saturated heterocycles. The first-order valence-electron chi connectivity index (χ1n) is 12.4. The molecule has 2 N–H and O–H groups in total. The van der Waals surface area contributed by atoms with Gasteiger partial charge in [-0.1, -0.05) is 12.1 Å². The number of anilines is 1. The zero-order valence-electron chi connectivity index (χ0n) is 19.3. The van der Waals surface area contributed by atoms with Gasteiger partial charge in [0.1, 0.15) is 30.1 Å². The maximum absolute atomic E-state index is 6.36. The van der Waals surface area contributed by atoms with E-state index in [9.17, 15) is 0 Å². The van der Waals surface area contributed by atoms with E-state index in [1.54, 1.807) is 6.33 Å². The van der Waals surface area contributed by atoms with Gasteiger partial charge >= 0.3 is 0 Å². The Morgan fingerprint density at radius 2 is 2.06 bits per heavy atom. The van der Waals surface area contributed by atoms with Crippen molar-refractivity contribution in [1.29, 1.82) is 0 Å². The summed E-state index contributed by atoms with van der Waals surface area (Å²) in [4.78, 5) is 11.5. The van der Waals surface area contributed by atoms with Crippen molar-refractivity contribution in [3.63, 3.8) is 0 Å². The van der Waals surface area contributed by atoms with Crippen LogP contribution in [0, 0.1) is 5.92 Å². The van der Waals surface area contributed by atoms with Crippen LogP contribution in [0.3, 0.4) is 0 Å². The molecule has 1 aliphatic carbocycles. The molecule has 2 aliphatic heterocycles. The van der Waals surface area contributed by atoms with Crippen LogP contribution in [0.2, 0.25) is 0 Å². The fourth-order valence-electron chi connectivity index (χ4n) is 5.56. The van der Waals surface area contributed by atoms with Gasteiger partial charge < -0.3 is 24.7 Å². The van der Waals surface area contributed by atoms with Crippen LogP contribution < -0.4 is 10.5 Å². The molecule has 0 spiro atoms. The molecule has 4 heterocycles. The quantitative estimate of drug-likeness (QED) is 0.582. The van der Waals surface area contributed by atoms with Gasteiger partial charge in [-0.25, -0.2) is 9.97 Å². The van der Waals surface area contributed by atoms with Gasteiger partial charge in [0.25, 0.3) is 0 Å². The van der Waals surface area contributed by atoms with Crippen LogP contribution in [-0.2, 0) is 4.74 Å². The Balaban J connectivity index is 1.24. The van der Waals surface area contributed by atoms with Gasteiger partial charge in [-0.3, -0.25) is 0 Å². The number of hydrogen-bond donors (Lipinski definition) is 1. The number of rotatable bonds is 7. The highest BCUT2D eigenvalue weighted by Gasteiger charge is 2.34. The molecule has 1 saturated carbocycles. The number of benzene rings is 1. The number of nitrogen functional groups attached to an aromatic ring is 1. The van der Waals surface area contributed by atoms with Crippen molar-refractivity contribution >= 4 is 16.9 Å². The predicted octanol–water partition coefficient (Wildman–Crippen LogP) is 4.28. The minimum atomic E-state index is 0.178. The second-order valence-electron chi connectivity index (χ2n) is 10.0. The summed E-state index contributed by atoms with van der Waals surface area (Å²) in [7, 11) is 0. The van der Waals surface area contributed by atoms with E-state index in [-0.39, 0.29) is 6.10 Å². The summed E-state index contributed by atoms with van der Waals surface area (Å²) in [6, 6.07) is 8.73. The molecule has 0 radical (unpaired) electrons. The van der Waals surface area contributed by atoms with Gasteiger partial charge in [-0.15, -0.1) is 0 Å². The topological polar surface area (TPSA) is 78.4 Å². The summed E-state index contributed by atoms with van der Waals surface area (Å²) >= 11 is 0. The Bertz CT molecular complexity index is 1130. The Labute approximate surface area is 194 Å². The highest BCUT2D eigenvalue weighted by atomic mass is 16.5. The van der Waals surface area contributed by atoms with Crippen LogP contribution in [0.15, 0.2) is 36.8 Å². The van der Waals surface area contributed by atoms with Gasteiger partial charge in [0.05, 0.1) is 17.6 Å². The first kappa shape index (κ1) is 20.9. The molecule has 7 nitrogen and oxygen atoms in total. The van der Waals surface area contributed by atoms with Crippen LogP contribution >= 0.6 is 0 Å².